The Balaban J connectivity index is 1.61. The number of hydrogen-bond acceptors (Lipinski definition) is 7. The van der Waals surface area contributed by atoms with Gasteiger partial charge in [0.25, 0.3) is 5.69 Å². The van der Waals surface area contributed by atoms with E-state index in [0.29, 0.717) is 17.8 Å². The number of nitrogens with zero attached hydrogens (tertiary/aromatic N) is 1. The summed E-state index contributed by atoms with van der Waals surface area (Å²) in [5, 5.41) is 21.4. The minimum Gasteiger partial charge on any atom is -0.455 e. The van der Waals surface area contributed by atoms with Crippen LogP contribution in [-0.2, 0) is 14.3 Å². The third kappa shape index (κ3) is 3.04. The summed E-state index contributed by atoms with van der Waals surface area (Å²) in [6, 6.07) is 5.12. The molecule has 156 valence electrons. The Bertz CT molecular complexity index is 1050. The number of carbonyl (C=O) groups is 2. The van der Waals surface area contributed by atoms with Crippen LogP contribution in [0.2, 0.25) is 0 Å². The van der Waals surface area contributed by atoms with Crippen molar-refractivity contribution in [2.24, 2.45) is 11.3 Å². The van der Waals surface area contributed by atoms with Crippen molar-refractivity contribution in [3.05, 3.63) is 74.6 Å². The molecule has 1 aromatic carbocycles. The molecule has 0 unspecified atom stereocenters. The van der Waals surface area contributed by atoms with Gasteiger partial charge in [0.2, 0.25) is 0 Å². The molecule has 0 amide bonds. The molecular weight excluding hydrogens is 390 g/mol. The first kappa shape index (κ1) is 20.0. The van der Waals surface area contributed by atoms with Gasteiger partial charge in [-0.15, -0.1) is 0 Å². The van der Waals surface area contributed by atoms with Gasteiger partial charge in [0.15, 0.2) is 0 Å². The first-order chi connectivity index (χ1) is 14.1. The average Bonchev–Trinajstić information content (AvgIpc) is 2.97. The van der Waals surface area contributed by atoms with E-state index in [-0.39, 0.29) is 23.1 Å². The fourth-order valence-electron chi connectivity index (χ4n) is 4.34. The number of aliphatic hydroxyl groups excluding tert-OH is 1. The van der Waals surface area contributed by atoms with Gasteiger partial charge in [0, 0.05) is 34.6 Å². The summed E-state index contributed by atoms with van der Waals surface area (Å²) < 4.78 is 10.9. The molecule has 1 heterocycles. The van der Waals surface area contributed by atoms with Crippen LogP contribution in [0.4, 0.5) is 5.69 Å². The second kappa shape index (κ2) is 6.91. The number of ether oxygens (including phenoxy) is 2. The maximum absolute atomic E-state index is 12.6. The Hall–Kier alpha value is -3.26. The number of carbonyl (C=O) groups excluding carboxylic acids is 2. The van der Waals surface area contributed by atoms with Gasteiger partial charge < -0.3 is 14.6 Å². The topological polar surface area (TPSA) is 116 Å². The molecule has 0 fully saturated rings. The van der Waals surface area contributed by atoms with Crippen molar-refractivity contribution in [3.63, 3.8) is 0 Å². The van der Waals surface area contributed by atoms with Crippen LogP contribution in [0.1, 0.15) is 37.6 Å². The molecule has 0 bridgehead atoms. The Morgan fingerprint density at radius 1 is 1.33 bits per heavy atom. The molecule has 3 aliphatic rings. The highest BCUT2D eigenvalue weighted by Crippen LogP contribution is 2.53. The molecule has 1 N–H and O–H groups in total. The van der Waals surface area contributed by atoms with E-state index in [9.17, 15) is 24.8 Å². The number of benzene rings is 1. The van der Waals surface area contributed by atoms with Gasteiger partial charge >= 0.3 is 11.9 Å². The van der Waals surface area contributed by atoms with Crippen molar-refractivity contribution < 1.29 is 29.1 Å². The average molecular weight is 411 g/mol. The third-order valence-electron chi connectivity index (χ3n) is 6.49. The highest BCUT2D eigenvalue weighted by Gasteiger charge is 2.50. The Labute approximate surface area is 172 Å². The summed E-state index contributed by atoms with van der Waals surface area (Å²) in [5.41, 5.74) is 1.82. The summed E-state index contributed by atoms with van der Waals surface area (Å²) in [6.45, 7) is 5.64. The van der Waals surface area contributed by atoms with Crippen LogP contribution in [0.25, 0.3) is 0 Å². The van der Waals surface area contributed by atoms with E-state index in [1.807, 2.05) is 13.8 Å². The second-order valence-corrected chi connectivity index (χ2v) is 8.17. The number of hydrogen-bond donors (Lipinski definition) is 1. The summed E-state index contributed by atoms with van der Waals surface area (Å²) >= 11 is 0. The number of aliphatic hydroxyl groups is 1. The van der Waals surface area contributed by atoms with Gasteiger partial charge in [-0.2, -0.15) is 0 Å². The van der Waals surface area contributed by atoms with Crippen molar-refractivity contribution in [2.75, 3.05) is 0 Å². The minimum atomic E-state index is -1.04. The van der Waals surface area contributed by atoms with Crippen LogP contribution in [0.5, 0.6) is 0 Å². The molecule has 30 heavy (non-hydrogen) atoms. The molecule has 4 atom stereocenters. The highest BCUT2D eigenvalue weighted by atomic mass is 16.6. The van der Waals surface area contributed by atoms with Gasteiger partial charge in [-0.05, 0) is 43.2 Å². The zero-order valence-corrected chi connectivity index (χ0v) is 16.7. The van der Waals surface area contributed by atoms with E-state index < -0.39 is 28.5 Å². The first-order valence-electron chi connectivity index (χ1n) is 9.61. The maximum Gasteiger partial charge on any atom is 0.339 e. The van der Waals surface area contributed by atoms with Crippen LogP contribution in [0.15, 0.2) is 58.9 Å². The van der Waals surface area contributed by atoms with Gasteiger partial charge in [0.1, 0.15) is 18.0 Å². The normalized spacial score (nSPS) is 30.0. The molecule has 4 rings (SSSR count). The van der Waals surface area contributed by atoms with Crippen LogP contribution < -0.4 is 0 Å². The summed E-state index contributed by atoms with van der Waals surface area (Å²) in [6.07, 6.45) is 2.10. The fourth-order valence-corrected chi connectivity index (χ4v) is 4.34. The quantitative estimate of drug-likeness (QED) is 0.461. The first-order valence-corrected chi connectivity index (χ1v) is 9.61. The molecule has 0 saturated heterocycles. The number of allylic oxidation sites excluding steroid dienone is 3. The molecule has 1 aliphatic heterocycles. The Kier molecular flexibility index (Phi) is 4.62. The lowest BCUT2D eigenvalue weighted by molar-refractivity contribution is -0.384. The summed E-state index contributed by atoms with van der Waals surface area (Å²) in [5.74, 6) is -0.776. The molecule has 0 aromatic heterocycles. The highest BCUT2D eigenvalue weighted by molar-refractivity contribution is 5.94. The fraction of sp³-hybridized carbons (Fsp3) is 0.364. The molecule has 1 aromatic rings. The molecule has 8 heteroatoms. The van der Waals surface area contributed by atoms with Crippen molar-refractivity contribution in [2.45, 2.75) is 39.4 Å². The summed E-state index contributed by atoms with van der Waals surface area (Å²) in [7, 11) is 0. The molecule has 0 spiro atoms. The Morgan fingerprint density at radius 3 is 2.63 bits per heavy atom. The van der Waals surface area contributed by atoms with Crippen molar-refractivity contribution in [1.82, 2.24) is 0 Å². The standard InChI is InChI=1S/C22H21NO7/c1-11-16-10-22(3)12(2)19(17(24)8-14(22)9-18(16)29-20(11)25)30-21(26)13-4-6-15(7-5-13)23(27)28/h4-9,12,17,19,24H,10H2,1-3H3/t12-,17-,19+,22+/m0/s1. The SMILES string of the molecule is CC1=C2C[C@@]3(C)C(=C[C@H](O)[C@H](OC(=O)c4ccc([N+](=O)[O-])cc4)[C@@H]3C)C=C2OC1=O. The van der Waals surface area contributed by atoms with E-state index in [0.717, 1.165) is 11.1 Å². The minimum absolute atomic E-state index is 0.125. The summed E-state index contributed by atoms with van der Waals surface area (Å²) in [4.78, 5) is 34.8. The maximum atomic E-state index is 12.6. The largest absolute Gasteiger partial charge is 0.455 e. The smallest absolute Gasteiger partial charge is 0.339 e. The lowest BCUT2D eigenvalue weighted by Gasteiger charge is -2.47. The van der Waals surface area contributed by atoms with Crippen molar-refractivity contribution >= 4 is 17.6 Å². The number of nitro benzene ring substituents is 1. The molecule has 2 aliphatic carbocycles. The second-order valence-electron chi connectivity index (χ2n) is 8.17. The van der Waals surface area contributed by atoms with E-state index in [1.54, 1.807) is 19.1 Å². The number of rotatable bonds is 3. The van der Waals surface area contributed by atoms with E-state index >= 15 is 0 Å². The van der Waals surface area contributed by atoms with Crippen LogP contribution >= 0.6 is 0 Å². The van der Waals surface area contributed by atoms with Crippen LogP contribution in [-0.4, -0.2) is 34.2 Å². The zero-order valence-electron chi connectivity index (χ0n) is 16.7. The van der Waals surface area contributed by atoms with Crippen LogP contribution in [0, 0.1) is 21.4 Å². The monoisotopic (exact) mass is 411 g/mol. The zero-order chi connectivity index (χ0) is 21.8. The van der Waals surface area contributed by atoms with Gasteiger partial charge in [-0.3, -0.25) is 10.1 Å². The van der Waals surface area contributed by atoms with Crippen molar-refractivity contribution in [1.29, 1.82) is 0 Å². The molecule has 8 nitrogen and oxygen atoms in total. The van der Waals surface area contributed by atoms with Crippen molar-refractivity contribution in [3.8, 4) is 0 Å². The number of fused-ring (bicyclic) bond motifs is 2. The Morgan fingerprint density at radius 2 is 2.00 bits per heavy atom. The molecule has 0 radical (unpaired) electrons. The third-order valence-corrected chi connectivity index (χ3v) is 6.49. The lowest BCUT2D eigenvalue weighted by Crippen LogP contribution is -2.48. The van der Waals surface area contributed by atoms with Crippen LogP contribution in [0.3, 0.4) is 0 Å². The molecular formula is C22H21NO7. The molecule has 0 saturated carbocycles. The van der Waals surface area contributed by atoms with Gasteiger partial charge in [0.05, 0.1) is 10.5 Å². The lowest BCUT2D eigenvalue weighted by atomic mass is 9.60. The number of esters is 2. The van der Waals surface area contributed by atoms with E-state index in [2.05, 4.69) is 0 Å². The predicted molar refractivity (Wildman–Crippen MR) is 105 cm³/mol. The number of non-ortho nitro benzene ring substituents is 1. The van der Waals surface area contributed by atoms with E-state index in [1.165, 1.54) is 24.3 Å². The number of nitro groups is 1. The van der Waals surface area contributed by atoms with Gasteiger partial charge in [-0.25, -0.2) is 9.59 Å². The van der Waals surface area contributed by atoms with E-state index in [4.69, 9.17) is 9.47 Å². The predicted octanol–water partition coefficient (Wildman–Crippen LogP) is 3.22. The van der Waals surface area contributed by atoms with Gasteiger partial charge in [-0.1, -0.05) is 13.8 Å².